The molecule has 2 unspecified atom stereocenters. The molecule has 0 heterocycles. The Balaban J connectivity index is 2.83. The molecule has 0 amide bonds. The molecular formula is C12H18N2O3. The van der Waals surface area contributed by atoms with Crippen molar-refractivity contribution >= 4 is 0 Å². The van der Waals surface area contributed by atoms with Gasteiger partial charge in [0.25, 0.3) is 0 Å². The number of ether oxygens (including phenoxy) is 1. The van der Waals surface area contributed by atoms with E-state index in [4.69, 9.17) is 4.74 Å². The first-order valence-corrected chi connectivity index (χ1v) is 5.43. The largest absolute Gasteiger partial charge is 0.331 e. The van der Waals surface area contributed by atoms with Gasteiger partial charge in [-0.25, -0.2) is 0 Å². The van der Waals surface area contributed by atoms with Crippen molar-refractivity contribution in [1.29, 1.82) is 0 Å². The molecule has 0 aliphatic rings. The van der Waals surface area contributed by atoms with Gasteiger partial charge in [-0.15, -0.1) is 0 Å². The molecule has 0 fully saturated rings. The van der Waals surface area contributed by atoms with Crippen LogP contribution < -0.4 is 0 Å². The second-order valence-electron chi connectivity index (χ2n) is 4.13. The molecule has 1 rings (SSSR count). The molecule has 0 saturated carbocycles. The lowest BCUT2D eigenvalue weighted by molar-refractivity contribution is -0.581. The van der Waals surface area contributed by atoms with E-state index in [-0.39, 0.29) is 11.0 Å². The summed E-state index contributed by atoms with van der Waals surface area (Å²) in [7, 11) is 5.02. The van der Waals surface area contributed by atoms with Gasteiger partial charge in [0, 0.05) is 7.11 Å². The fourth-order valence-corrected chi connectivity index (χ4v) is 1.78. The Morgan fingerprint density at radius 3 is 2.35 bits per heavy atom. The topological polar surface area (TPSA) is 55.6 Å². The smallest absolute Gasteiger partial charge is 0.319 e. The Bertz CT molecular complexity index is 354. The highest BCUT2D eigenvalue weighted by Crippen LogP contribution is 2.12. The fourth-order valence-electron chi connectivity index (χ4n) is 1.78. The number of methoxy groups -OCH3 is 1. The molecule has 1 aromatic rings. The molecule has 0 aliphatic heterocycles. The van der Waals surface area contributed by atoms with Gasteiger partial charge in [0.2, 0.25) is 0 Å². The standard InChI is InChI=1S/C12H18N2O3/c1-13(2)11(12(17-3)14(15)16)9-10-7-5-4-6-8-10/h4-8,11-12H,9H2,1-3H3. The molecule has 0 radical (unpaired) electrons. The van der Waals surface area contributed by atoms with Gasteiger partial charge in [0.05, 0.1) is 4.92 Å². The first-order valence-electron chi connectivity index (χ1n) is 5.43. The zero-order valence-electron chi connectivity index (χ0n) is 10.4. The second kappa shape index (κ2) is 6.32. The summed E-state index contributed by atoms with van der Waals surface area (Å²) in [5.74, 6) is 0. The number of nitro groups is 1. The third-order valence-corrected chi connectivity index (χ3v) is 2.73. The molecule has 0 saturated heterocycles. The Morgan fingerprint density at radius 1 is 1.35 bits per heavy atom. The summed E-state index contributed by atoms with van der Waals surface area (Å²) in [4.78, 5) is 12.4. The zero-order valence-corrected chi connectivity index (χ0v) is 10.4. The normalized spacial score (nSPS) is 14.6. The Kier molecular flexibility index (Phi) is 5.06. The summed E-state index contributed by atoms with van der Waals surface area (Å²) < 4.78 is 4.97. The van der Waals surface area contributed by atoms with Crippen LogP contribution in [-0.4, -0.2) is 43.3 Å². The van der Waals surface area contributed by atoms with Gasteiger partial charge in [-0.1, -0.05) is 30.3 Å². The molecule has 5 nitrogen and oxygen atoms in total. The summed E-state index contributed by atoms with van der Waals surface area (Å²) >= 11 is 0. The summed E-state index contributed by atoms with van der Waals surface area (Å²) in [6.45, 7) is 0. The van der Waals surface area contributed by atoms with E-state index in [1.807, 2.05) is 49.3 Å². The van der Waals surface area contributed by atoms with E-state index < -0.39 is 6.23 Å². The highest BCUT2D eigenvalue weighted by molar-refractivity contribution is 5.16. The van der Waals surface area contributed by atoms with Crippen LogP contribution in [0.4, 0.5) is 0 Å². The molecule has 17 heavy (non-hydrogen) atoms. The summed E-state index contributed by atoms with van der Waals surface area (Å²) in [5.41, 5.74) is 1.06. The number of nitrogens with zero attached hydrogens (tertiary/aromatic N) is 2. The molecule has 1 aromatic carbocycles. The monoisotopic (exact) mass is 238 g/mol. The minimum atomic E-state index is -1.01. The van der Waals surface area contributed by atoms with Gasteiger partial charge in [-0.3, -0.25) is 15.0 Å². The molecule has 0 aliphatic carbocycles. The molecule has 5 heteroatoms. The van der Waals surface area contributed by atoms with E-state index in [2.05, 4.69) is 0 Å². The summed E-state index contributed by atoms with van der Waals surface area (Å²) in [6, 6.07) is 9.42. The van der Waals surface area contributed by atoms with Crippen LogP contribution in [-0.2, 0) is 11.2 Å². The van der Waals surface area contributed by atoms with Gasteiger partial charge in [0.15, 0.2) is 0 Å². The van der Waals surface area contributed by atoms with E-state index in [0.29, 0.717) is 6.42 Å². The van der Waals surface area contributed by atoms with E-state index in [9.17, 15) is 10.1 Å². The molecule has 2 atom stereocenters. The average molecular weight is 238 g/mol. The van der Waals surface area contributed by atoms with E-state index in [1.165, 1.54) is 7.11 Å². The second-order valence-corrected chi connectivity index (χ2v) is 4.13. The maximum atomic E-state index is 10.9. The number of likely N-dealkylation sites (N-methyl/N-ethyl adjacent to an activating group) is 1. The quantitative estimate of drug-likeness (QED) is 0.427. The van der Waals surface area contributed by atoms with Crippen molar-refractivity contribution in [3.63, 3.8) is 0 Å². The van der Waals surface area contributed by atoms with Crippen molar-refractivity contribution in [2.45, 2.75) is 18.7 Å². The Hall–Kier alpha value is -1.46. The summed E-state index contributed by atoms with van der Waals surface area (Å²) in [6.07, 6.45) is -0.418. The van der Waals surface area contributed by atoms with Gasteiger partial charge in [-0.2, -0.15) is 0 Å². The van der Waals surface area contributed by atoms with Crippen molar-refractivity contribution in [2.75, 3.05) is 21.2 Å². The van der Waals surface area contributed by atoms with Crippen molar-refractivity contribution in [1.82, 2.24) is 4.90 Å². The third kappa shape index (κ3) is 3.80. The number of hydrogen-bond donors (Lipinski definition) is 0. The molecule has 94 valence electrons. The first-order chi connectivity index (χ1) is 8.06. The van der Waals surface area contributed by atoms with Gasteiger partial charge >= 0.3 is 6.23 Å². The number of rotatable bonds is 6. The third-order valence-electron chi connectivity index (χ3n) is 2.73. The lowest BCUT2D eigenvalue weighted by Crippen LogP contribution is -2.46. The maximum absolute atomic E-state index is 10.9. The fraction of sp³-hybridized carbons (Fsp3) is 0.500. The van der Waals surface area contributed by atoms with Crippen LogP contribution in [0.15, 0.2) is 30.3 Å². The average Bonchev–Trinajstić information content (AvgIpc) is 2.29. The van der Waals surface area contributed by atoms with Crippen molar-refractivity contribution in [3.05, 3.63) is 46.0 Å². The van der Waals surface area contributed by atoms with Crippen LogP contribution >= 0.6 is 0 Å². The molecule has 0 aromatic heterocycles. The van der Waals surface area contributed by atoms with Crippen molar-refractivity contribution < 1.29 is 9.66 Å². The van der Waals surface area contributed by atoms with Crippen LogP contribution in [0.1, 0.15) is 5.56 Å². The highest BCUT2D eigenvalue weighted by atomic mass is 16.7. The van der Waals surface area contributed by atoms with E-state index >= 15 is 0 Å². The highest BCUT2D eigenvalue weighted by Gasteiger charge is 2.33. The van der Waals surface area contributed by atoms with E-state index in [1.54, 1.807) is 0 Å². The molecule has 0 N–H and O–H groups in total. The van der Waals surface area contributed by atoms with Crippen molar-refractivity contribution in [3.8, 4) is 0 Å². The van der Waals surface area contributed by atoms with Crippen LogP contribution in [0.3, 0.4) is 0 Å². The van der Waals surface area contributed by atoms with Crippen LogP contribution in [0.2, 0.25) is 0 Å². The Morgan fingerprint density at radius 2 is 1.94 bits per heavy atom. The number of benzene rings is 1. The molecule has 0 spiro atoms. The van der Waals surface area contributed by atoms with Crippen LogP contribution in [0.5, 0.6) is 0 Å². The minimum Gasteiger partial charge on any atom is -0.319 e. The van der Waals surface area contributed by atoms with Crippen LogP contribution in [0, 0.1) is 10.1 Å². The predicted octanol–water partition coefficient (Wildman–Crippen LogP) is 1.41. The first kappa shape index (κ1) is 13.6. The molecule has 0 bridgehead atoms. The Labute approximate surface area is 101 Å². The van der Waals surface area contributed by atoms with Crippen molar-refractivity contribution in [2.24, 2.45) is 0 Å². The van der Waals surface area contributed by atoms with E-state index in [0.717, 1.165) is 5.56 Å². The molecular weight excluding hydrogens is 220 g/mol. The zero-order chi connectivity index (χ0) is 12.8. The van der Waals surface area contributed by atoms with Gasteiger partial charge in [-0.05, 0) is 26.1 Å². The van der Waals surface area contributed by atoms with Gasteiger partial charge < -0.3 is 4.74 Å². The summed E-state index contributed by atoms with van der Waals surface area (Å²) in [5, 5.41) is 10.9. The maximum Gasteiger partial charge on any atom is 0.331 e. The van der Waals surface area contributed by atoms with Gasteiger partial charge in [0.1, 0.15) is 6.04 Å². The lowest BCUT2D eigenvalue weighted by atomic mass is 10.0. The predicted molar refractivity (Wildman–Crippen MR) is 65.4 cm³/mol. The van der Waals surface area contributed by atoms with Crippen LogP contribution in [0.25, 0.3) is 0 Å². The SMILES string of the molecule is COC(C(Cc1ccccc1)N(C)C)[N+](=O)[O-]. The minimum absolute atomic E-state index is 0.280. The lowest BCUT2D eigenvalue weighted by Gasteiger charge is -2.25. The number of hydrogen-bond acceptors (Lipinski definition) is 4.